The lowest BCUT2D eigenvalue weighted by Gasteiger charge is -2.30. The number of hydrogen-bond acceptors (Lipinski definition) is 4. The van der Waals surface area contributed by atoms with E-state index in [0.717, 1.165) is 77.7 Å². The van der Waals surface area contributed by atoms with E-state index in [9.17, 15) is 14.0 Å². The molecular formula is C27H33FO4. The van der Waals surface area contributed by atoms with Gasteiger partial charge in [-0.1, -0.05) is 25.0 Å². The summed E-state index contributed by atoms with van der Waals surface area (Å²) in [5, 5.41) is 0. The van der Waals surface area contributed by atoms with Crippen LogP contribution in [0.2, 0.25) is 0 Å². The van der Waals surface area contributed by atoms with Gasteiger partial charge in [0.1, 0.15) is 11.6 Å². The minimum Gasteiger partial charge on any atom is -0.496 e. The Balaban J connectivity index is 2.03. The molecule has 5 heteroatoms. The van der Waals surface area contributed by atoms with Crippen molar-refractivity contribution in [3.05, 3.63) is 63.5 Å². The fourth-order valence-electron chi connectivity index (χ4n) is 4.95. The molecule has 1 aliphatic carbocycles. The maximum absolute atomic E-state index is 13.7. The monoisotopic (exact) mass is 440 g/mol. The fourth-order valence-corrected chi connectivity index (χ4v) is 4.95. The predicted molar refractivity (Wildman–Crippen MR) is 123 cm³/mol. The molecule has 4 nitrogen and oxygen atoms in total. The number of rotatable bonds is 9. The standard InChI is InChI=1S/C27H33FO4/c1-17-18(2)27(32-4)26(22-10-8-11-23(29)25(17)22)21(19-13-15-20(28)16-14-19)9-6-5-7-12-24(30)31-3/h13-16,21H,5-12H2,1-4H3. The number of ether oxygens (including phenoxy) is 2. The molecule has 1 aliphatic rings. The van der Waals surface area contributed by atoms with Gasteiger partial charge >= 0.3 is 5.97 Å². The molecule has 0 saturated heterocycles. The summed E-state index contributed by atoms with van der Waals surface area (Å²) in [5.41, 5.74) is 6.02. The number of benzene rings is 2. The Morgan fingerprint density at radius 3 is 2.41 bits per heavy atom. The van der Waals surface area contributed by atoms with Crippen molar-refractivity contribution >= 4 is 11.8 Å². The average Bonchev–Trinajstić information content (AvgIpc) is 2.79. The molecule has 2 aromatic carbocycles. The molecule has 0 spiro atoms. The lowest BCUT2D eigenvalue weighted by molar-refractivity contribution is -0.140. The first kappa shape index (κ1) is 24.0. The number of carbonyl (C=O) groups is 2. The zero-order valence-electron chi connectivity index (χ0n) is 19.6. The van der Waals surface area contributed by atoms with Crippen molar-refractivity contribution < 1.29 is 23.5 Å². The highest BCUT2D eigenvalue weighted by Gasteiger charge is 2.31. The molecule has 0 heterocycles. The van der Waals surface area contributed by atoms with Gasteiger partial charge < -0.3 is 9.47 Å². The van der Waals surface area contributed by atoms with Crippen molar-refractivity contribution in [3.63, 3.8) is 0 Å². The highest BCUT2D eigenvalue weighted by atomic mass is 19.1. The van der Waals surface area contributed by atoms with Gasteiger partial charge in [0.05, 0.1) is 14.2 Å². The van der Waals surface area contributed by atoms with Gasteiger partial charge in [-0.2, -0.15) is 0 Å². The minimum absolute atomic E-state index is 0.0115. The van der Waals surface area contributed by atoms with Crippen molar-refractivity contribution in [2.24, 2.45) is 0 Å². The predicted octanol–water partition coefficient (Wildman–Crippen LogP) is 6.23. The zero-order chi connectivity index (χ0) is 23.3. The topological polar surface area (TPSA) is 52.6 Å². The number of methoxy groups -OCH3 is 2. The van der Waals surface area contributed by atoms with E-state index in [-0.39, 0.29) is 23.5 Å². The van der Waals surface area contributed by atoms with Crippen LogP contribution in [0.3, 0.4) is 0 Å². The number of ketones is 1. The Labute approximate surface area is 190 Å². The Morgan fingerprint density at radius 1 is 1.03 bits per heavy atom. The number of hydrogen-bond donors (Lipinski definition) is 0. The maximum Gasteiger partial charge on any atom is 0.305 e. The molecule has 0 aliphatic heterocycles. The first-order chi connectivity index (χ1) is 15.4. The van der Waals surface area contributed by atoms with E-state index in [1.54, 1.807) is 7.11 Å². The maximum atomic E-state index is 13.7. The molecule has 2 aromatic rings. The largest absolute Gasteiger partial charge is 0.496 e. The molecule has 1 atom stereocenters. The van der Waals surface area contributed by atoms with E-state index in [1.807, 2.05) is 26.0 Å². The Hall–Kier alpha value is -2.69. The van der Waals surface area contributed by atoms with Gasteiger partial charge in [-0.25, -0.2) is 4.39 Å². The van der Waals surface area contributed by atoms with E-state index >= 15 is 0 Å². The van der Waals surface area contributed by atoms with Gasteiger partial charge in [-0.05, 0) is 73.9 Å². The Bertz CT molecular complexity index is 978. The lowest BCUT2D eigenvalue weighted by Crippen LogP contribution is -2.19. The lowest BCUT2D eigenvalue weighted by atomic mass is 9.75. The smallest absolute Gasteiger partial charge is 0.305 e. The average molecular weight is 441 g/mol. The van der Waals surface area contributed by atoms with E-state index in [1.165, 1.54) is 19.2 Å². The molecule has 1 unspecified atom stereocenters. The highest BCUT2D eigenvalue weighted by molar-refractivity contribution is 6.01. The van der Waals surface area contributed by atoms with Gasteiger partial charge in [0.25, 0.3) is 0 Å². The van der Waals surface area contributed by atoms with Crippen LogP contribution in [0.1, 0.15) is 89.0 Å². The van der Waals surface area contributed by atoms with Crippen LogP contribution in [-0.4, -0.2) is 26.0 Å². The normalized spacial score (nSPS) is 14.1. The first-order valence-corrected chi connectivity index (χ1v) is 11.4. The summed E-state index contributed by atoms with van der Waals surface area (Å²) in [5.74, 6) is 0.562. The van der Waals surface area contributed by atoms with E-state index in [2.05, 4.69) is 0 Å². The fraction of sp³-hybridized carbons (Fsp3) is 0.481. The number of esters is 1. The molecule has 32 heavy (non-hydrogen) atoms. The second-order valence-electron chi connectivity index (χ2n) is 8.61. The van der Waals surface area contributed by atoms with Gasteiger partial charge in [0, 0.05) is 29.9 Å². The van der Waals surface area contributed by atoms with Crippen LogP contribution in [0.5, 0.6) is 5.75 Å². The number of Topliss-reactive ketones (excluding diaryl/α,β-unsaturated/α-hetero) is 1. The van der Waals surface area contributed by atoms with Crippen LogP contribution in [0.25, 0.3) is 0 Å². The molecule has 0 amide bonds. The van der Waals surface area contributed by atoms with Crippen molar-refractivity contribution in [3.8, 4) is 5.75 Å². The summed E-state index contributed by atoms with van der Waals surface area (Å²) in [6.45, 7) is 4.02. The van der Waals surface area contributed by atoms with Gasteiger partial charge in [-0.15, -0.1) is 0 Å². The van der Waals surface area contributed by atoms with Crippen LogP contribution in [0.15, 0.2) is 24.3 Å². The Morgan fingerprint density at radius 2 is 1.75 bits per heavy atom. The van der Waals surface area contributed by atoms with Crippen LogP contribution in [0, 0.1) is 19.7 Å². The third-order valence-electron chi connectivity index (χ3n) is 6.69. The molecule has 0 radical (unpaired) electrons. The van der Waals surface area contributed by atoms with E-state index in [4.69, 9.17) is 9.47 Å². The Kier molecular flexibility index (Phi) is 8.05. The van der Waals surface area contributed by atoms with Crippen LogP contribution in [0.4, 0.5) is 4.39 Å². The van der Waals surface area contributed by atoms with Crippen LogP contribution in [-0.2, 0) is 16.0 Å². The summed E-state index contributed by atoms with van der Waals surface area (Å²) in [6, 6.07) is 6.65. The molecule has 3 rings (SSSR count). The van der Waals surface area contributed by atoms with E-state index in [0.29, 0.717) is 12.8 Å². The minimum atomic E-state index is -0.269. The van der Waals surface area contributed by atoms with Crippen molar-refractivity contribution in [1.29, 1.82) is 0 Å². The van der Waals surface area contributed by atoms with Crippen molar-refractivity contribution in [1.82, 2.24) is 0 Å². The summed E-state index contributed by atoms with van der Waals surface area (Å²) in [6.07, 6.45) is 6.05. The van der Waals surface area contributed by atoms with Crippen LogP contribution >= 0.6 is 0 Å². The second-order valence-corrected chi connectivity index (χ2v) is 8.61. The summed E-state index contributed by atoms with van der Waals surface area (Å²) >= 11 is 0. The van der Waals surface area contributed by atoms with Gasteiger partial charge in [0.2, 0.25) is 0 Å². The third-order valence-corrected chi connectivity index (χ3v) is 6.69. The summed E-state index contributed by atoms with van der Waals surface area (Å²) < 4.78 is 24.3. The van der Waals surface area contributed by atoms with Crippen LogP contribution < -0.4 is 4.74 Å². The molecule has 0 saturated carbocycles. The molecule has 172 valence electrons. The highest BCUT2D eigenvalue weighted by Crippen LogP contribution is 2.45. The molecule has 0 bridgehead atoms. The number of carbonyl (C=O) groups excluding carboxylic acids is 2. The number of unbranched alkanes of at least 4 members (excludes halogenated alkanes) is 2. The summed E-state index contributed by atoms with van der Waals surface area (Å²) in [7, 11) is 3.09. The van der Waals surface area contributed by atoms with E-state index < -0.39 is 0 Å². The molecule has 0 fully saturated rings. The van der Waals surface area contributed by atoms with Gasteiger partial charge in [-0.3, -0.25) is 9.59 Å². The third kappa shape index (κ3) is 5.03. The second kappa shape index (κ2) is 10.8. The quantitative estimate of drug-likeness (QED) is 0.343. The van der Waals surface area contributed by atoms with Gasteiger partial charge in [0.15, 0.2) is 5.78 Å². The summed E-state index contributed by atoms with van der Waals surface area (Å²) in [4.78, 5) is 24.3. The number of halogens is 1. The van der Waals surface area contributed by atoms with Crippen molar-refractivity contribution in [2.75, 3.05) is 14.2 Å². The molecule has 0 N–H and O–H groups in total. The number of fused-ring (bicyclic) bond motifs is 1. The van der Waals surface area contributed by atoms with Crippen molar-refractivity contribution in [2.45, 2.75) is 71.1 Å². The molecular weight excluding hydrogens is 407 g/mol. The molecule has 0 aromatic heterocycles. The zero-order valence-corrected chi connectivity index (χ0v) is 19.6. The first-order valence-electron chi connectivity index (χ1n) is 11.4. The SMILES string of the molecule is COC(=O)CCCCCC(c1ccc(F)cc1)c1c2c(c(C)c(C)c1OC)C(=O)CCC2.